The van der Waals surface area contributed by atoms with Gasteiger partial charge in [-0.3, -0.25) is 4.79 Å². The smallest absolute Gasteiger partial charge is 0.410 e. The number of carbonyl (C=O) groups is 2. The standard InChI is InChI=1S/C18H35N3O3/c1-7-21(17(23)24-18(4,5)6)14-11-9-8-10-13(14)20-16(22)15(19)12(2)3/h12-15H,7-11,19H2,1-6H3,(H,20,22)/t13-,14-,15+/m1/s1. The van der Waals surface area contributed by atoms with Gasteiger partial charge in [0.1, 0.15) is 5.60 Å². The molecule has 3 atom stereocenters. The molecule has 6 heteroatoms. The zero-order chi connectivity index (χ0) is 18.5. The summed E-state index contributed by atoms with van der Waals surface area (Å²) in [4.78, 5) is 26.6. The van der Waals surface area contributed by atoms with Crippen molar-refractivity contribution in [2.24, 2.45) is 11.7 Å². The van der Waals surface area contributed by atoms with E-state index in [-0.39, 0.29) is 30.0 Å². The summed E-state index contributed by atoms with van der Waals surface area (Å²) in [5.41, 5.74) is 5.43. The Kier molecular flexibility index (Phi) is 7.52. The maximum absolute atomic E-state index is 12.5. The molecule has 6 nitrogen and oxygen atoms in total. The highest BCUT2D eigenvalue weighted by atomic mass is 16.6. The molecule has 1 rings (SSSR count). The van der Waals surface area contributed by atoms with Gasteiger partial charge in [0.15, 0.2) is 0 Å². The molecule has 24 heavy (non-hydrogen) atoms. The van der Waals surface area contributed by atoms with Crippen molar-refractivity contribution in [3.8, 4) is 0 Å². The van der Waals surface area contributed by atoms with Crippen LogP contribution in [0.5, 0.6) is 0 Å². The fourth-order valence-electron chi connectivity index (χ4n) is 3.05. The van der Waals surface area contributed by atoms with Crippen LogP contribution in [0.1, 0.15) is 67.2 Å². The molecule has 0 spiro atoms. The van der Waals surface area contributed by atoms with Crippen molar-refractivity contribution in [3.63, 3.8) is 0 Å². The van der Waals surface area contributed by atoms with E-state index >= 15 is 0 Å². The van der Waals surface area contributed by atoms with Gasteiger partial charge in [0.25, 0.3) is 0 Å². The lowest BCUT2D eigenvalue weighted by Crippen LogP contribution is -2.58. The summed E-state index contributed by atoms with van der Waals surface area (Å²) < 4.78 is 5.53. The zero-order valence-corrected chi connectivity index (χ0v) is 16.1. The first-order valence-electron chi connectivity index (χ1n) is 9.12. The number of likely N-dealkylation sites (N-methyl/N-ethyl adjacent to an activating group) is 1. The molecule has 0 saturated heterocycles. The molecule has 0 aliphatic heterocycles. The van der Waals surface area contributed by atoms with Gasteiger partial charge < -0.3 is 20.7 Å². The van der Waals surface area contributed by atoms with Crippen molar-refractivity contribution in [2.45, 2.75) is 91.0 Å². The molecule has 0 heterocycles. The van der Waals surface area contributed by atoms with Gasteiger partial charge in [-0.25, -0.2) is 4.79 Å². The molecule has 0 aromatic rings. The quantitative estimate of drug-likeness (QED) is 0.805. The Bertz CT molecular complexity index is 432. The zero-order valence-electron chi connectivity index (χ0n) is 16.1. The average Bonchev–Trinajstić information content (AvgIpc) is 2.46. The van der Waals surface area contributed by atoms with Gasteiger partial charge in [0.05, 0.1) is 12.1 Å². The molecule has 2 amide bonds. The number of ether oxygens (including phenoxy) is 1. The van der Waals surface area contributed by atoms with Gasteiger partial charge in [0.2, 0.25) is 5.91 Å². The van der Waals surface area contributed by atoms with E-state index in [4.69, 9.17) is 10.5 Å². The van der Waals surface area contributed by atoms with Crippen LogP contribution in [-0.2, 0) is 9.53 Å². The lowest BCUT2D eigenvalue weighted by atomic mass is 9.88. The maximum atomic E-state index is 12.5. The number of nitrogens with two attached hydrogens (primary N) is 1. The van der Waals surface area contributed by atoms with Crippen molar-refractivity contribution < 1.29 is 14.3 Å². The van der Waals surface area contributed by atoms with Crippen LogP contribution in [0.4, 0.5) is 4.79 Å². The van der Waals surface area contributed by atoms with Crippen LogP contribution in [0.2, 0.25) is 0 Å². The third-order valence-electron chi connectivity index (χ3n) is 4.45. The fourth-order valence-corrected chi connectivity index (χ4v) is 3.05. The van der Waals surface area contributed by atoms with E-state index in [1.165, 1.54) is 0 Å². The molecule has 0 aromatic heterocycles. The normalized spacial score (nSPS) is 22.8. The molecule has 3 N–H and O–H groups in total. The second-order valence-electron chi connectivity index (χ2n) is 8.00. The topological polar surface area (TPSA) is 84.7 Å². The van der Waals surface area contributed by atoms with E-state index in [0.29, 0.717) is 6.54 Å². The Morgan fingerprint density at radius 1 is 1.25 bits per heavy atom. The molecular formula is C18H35N3O3. The summed E-state index contributed by atoms with van der Waals surface area (Å²) in [5, 5.41) is 3.07. The highest BCUT2D eigenvalue weighted by Crippen LogP contribution is 2.25. The van der Waals surface area contributed by atoms with E-state index in [1.54, 1.807) is 4.90 Å². The largest absolute Gasteiger partial charge is 0.444 e. The maximum Gasteiger partial charge on any atom is 0.410 e. The first kappa shape index (κ1) is 20.7. The third kappa shape index (κ3) is 5.96. The summed E-state index contributed by atoms with van der Waals surface area (Å²) in [6.07, 6.45) is 3.51. The van der Waals surface area contributed by atoms with Gasteiger partial charge in [-0.15, -0.1) is 0 Å². The summed E-state index contributed by atoms with van der Waals surface area (Å²) >= 11 is 0. The second-order valence-corrected chi connectivity index (χ2v) is 8.00. The van der Waals surface area contributed by atoms with Crippen LogP contribution in [0.15, 0.2) is 0 Å². The highest BCUT2D eigenvalue weighted by Gasteiger charge is 2.36. The fraction of sp³-hybridized carbons (Fsp3) is 0.889. The van der Waals surface area contributed by atoms with Crippen LogP contribution in [-0.4, -0.2) is 47.2 Å². The summed E-state index contributed by atoms with van der Waals surface area (Å²) in [7, 11) is 0. The lowest BCUT2D eigenvalue weighted by Gasteiger charge is -2.40. The second kappa shape index (κ2) is 8.70. The Morgan fingerprint density at radius 3 is 2.33 bits per heavy atom. The minimum atomic E-state index is -0.530. The first-order chi connectivity index (χ1) is 11.1. The van der Waals surface area contributed by atoms with Crippen molar-refractivity contribution in [1.82, 2.24) is 10.2 Å². The van der Waals surface area contributed by atoms with Crippen molar-refractivity contribution in [1.29, 1.82) is 0 Å². The van der Waals surface area contributed by atoms with Crippen molar-refractivity contribution in [3.05, 3.63) is 0 Å². The van der Waals surface area contributed by atoms with E-state index < -0.39 is 11.6 Å². The van der Waals surface area contributed by atoms with Crippen LogP contribution in [0.25, 0.3) is 0 Å². The van der Waals surface area contributed by atoms with Gasteiger partial charge in [-0.05, 0) is 46.5 Å². The minimum absolute atomic E-state index is 0.0399. The molecule has 0 bridgehead atoms. The molecule has 1 aliphatic carbocycles. The van der Waals surface area contributed by atoms with Gasteiger partial charge in [-0.1, -0.05) is 26.7 Å². The number of nitrogens with zero attached hydrogens (tertiary/aromatic N) is 1. The first-order valence-corrected chi connectivity index (χ1v) is 9.12. The predicted molar refractivity (Wildman–Crippen MR) is 95.6 cm³/mol. The molecular weight excluding hydrogens is 306 g/mol. The van der Waals surface area contributed by atoms with Crippen molar-refractivity contribution >= 4 is 12.0 Å². The lowest BCUT2D eigenvalue weighted by molar-refractivity contribution is -0.124. The van der Waals surface area contributed by atoms with Gasteiger partial charge >= 0.3 is 6.09 Å². The van der Waals surface area contributed by atoms with Gasteiger partial charge in [0, 0.05) is 12.6 Å². The Hall–Kier alpha value is -1.30. The monoisotopic (exact) mass is 341 g/mol. The number of hydrogen-bond acceptors (Lipinski definition) is 4. The molecule has 0 unspecified atom stereocenters. The highest BCUT2D eigenvalue weighted by molar-refractivity contribution is 5.82. The van der Waals surface area contributed by atoms with E-state index in [9.17, 15) is 9.59 Å². The number of hydrogen-bond donors (Lipinski definition) is 2. The Balaban J connectivity index is 2.83. The third-order valence-corrected chi connectivity index (χ3v) is 4.45. The minimum Gasteiger partial charge on any atom is -0.444 e. The molecule has 0 radical (unpaired) electrons. The summed E-state index contributed by atoms with van der Waals surface area (Å²) in [6, 6.07) is -0.630. The molecule has 1 saturated carbocycles. The molecule has 1 fully saturated rings. The molecule has 1 aliphatic rings. The van der Waals surface area contributed by atoms with E-state index in [0.717, 1.165) is 25.7 Å². The number of carbonyl (C=O) groups excluding carboxylic acids is 2. The van der Waals surface area contributed by atoms with E-state index in [2.05, 4.69) is 5.32 Å². The Labute approximate surface area is 146 Å². The van der Waals surface area contributed by atoms with Crippen LogP contribution >= 0.6 is 0 Å². The van der Waals surface area contributed by atoms with Crippen LogP contribution in [0, 0.1) is 5.92 Å². The van der Waals surface area contributed by atoms with Crippen LogP contribution < -0.4 is 11.1 Å². The number of amides is 2. The van der Waals surface area contributed by atoms with Gasteiger partial charge in [-0.2, -0.15) is 0 Å². The van der Waals surface area contributed by atoms with Crippen molar-refractivity contribution in [2.75, 3.05) is 6.54 Å². The molecule has 140 valence electrons. The Morgan fingerprint density at radius 2 is 1.83 bits per heavy atom. The SMILES string of the molecule is CCN(C(=O)OC(C)(C)C)[C@@H]1CCCC[C@H]1NC(=O)[C@@H](N)C(C)C. The summed E-state index contributed by atoms with van der Waals surface area (Å²) in [5.74, 6) is -0.0534. The average molecular weight is 341 g/mol. The molecule has 0 aromatic carbocycles. The predicted octanol–water partition coefficient (Wildman–Crippen LogP) is 2.65. The number of nitrogens with one attached hydrogen (secondary N) is 1. The summed E-state index contributed by atoms with van der Waals surface area (Å²) in [6.45, 7) is 11.9. The van der Waals surface area contributed by atoms with E-state index in [1.807, 2.05) is 41.5 Å². The van der Waals surface area contributed by atoms with Crippen LogP contribution in [0.3, 0.4) is 0 Å². The number of rotatable bonds is 5.